The lowest BCUT2D eigenvalue weighted by Crippen LogP contribution is -2.21. The van der Waals surface area contributed by atoms with Gasteiger partial charge < -0.3 is 5.32 Å². The van der Waals surface area contributed by atoms with Crippen molar-refractivity contribution in [3.05, 3.63) is 41.2 Å². The van der Waals surface area contributed by atoms with Gasteiger partial charge in [-0.15, -0.1) is 0 Å². The van der Waals surface area contributed by atoms with Crippen molar-refractivity contribution in [3.8, 4) is 6.07 Å². The zero-order valence-electron chi connectivity index (χ0n) is 13.2. The smallest absolute Gasteiger partial charge is 0.234 e. The fourth-order valence-corrected chi connectivity index (χ4v) is 3.09. The summed E-state index contributed by atoms with van der Waals surface area (Å²) in [6.07, 6.45) is 4.00. The molecule has 1 unspecified atom stereocenters. The van der Waals surface area contributed by atoms with Crippen LogP contribution in [0.25, 0.3) is 0 Å². The topological polar surface area (TPSA) is 78.7 Å². The molecule has 1 aromatic carbocycles. The summed E-state index contributed by atoms with van der Waals surface area (Å²) in [7, 11) is 0. The average molecular weight is 328 g/mol. The van der Waals surface area contributed by atoms with E-state index in [4.69, 9.17) is 5.26 Å². The van der Waals surface area contributed by atoms with Gasteiger partial charge in [0.25, 0.3) is 0 Å². The Morgan fingerprint density at radius 2 is 2.09 bits per heavy atom. The third-order valence-electron chi connectivity index (χ3n) is 3.48. The minimum Gasteiger partial charge on any atom is -0.325 e. The molecule has 0 saturated heterocycles. The van der Waals surface area contributed by atoms with Crippen molar-refractivity contribution in [2.45, 2.75) is 44.9 Å². The zero-order chi connectivity index (χ0) is 16.5. The second-order valence-electron chi connectivity index (χ2n) is 5.35. The van der Waals surface area contributed by atoms with E-state index >= 15 is 0 Å². The molecule has 0 saturated carbocycles. The molecule has 1 aromatic heterocycles. The molecule has 6 heteroatoms. The van der Waals surface area contributed by atoms with E-state index in [9.17, 15) is 4.79 Å². The highest BCUT2D eigenvalue weighted by Crippen LogP contribution is 2.26. The summed E-state index contributed by atoms with van der Waals surface area (Å²) >= 11 is 1.29. The molecular formula is C17H20N4OS. The molecule has 0 aliphatic heterocycles. The highest BCUT2D eigenvalue weighted by molar-refractivity contribution is 7.05. The minimum absolute atomic E-state index is 0.0485. The number of nitriles is 1. The summed E-state index contributed by atoms with van der Waals surface area (Å²) in [6.45, 7) is 1.83. The van der Waals surface area contributed by atoms with Crippen LogP contribution in [0.1, 0.15) is 48.9 Å². The first-order valence-corrected chi connectivity index (χ1v) is 8.51. The van der Waals surface area contributed by atoms with Crippen molar-refractivity contribution in [2.24, 2.45) is 0 Å². The second-order valence-corrected chi connectivity index (χ2v) is 6.13. The number of nitrogens with zero attached hydrogens (tertiary/aromatic N) is 3. The first-order valence-electron chi connectivity index (χ1n) is 7.74. The fraction of sp³-hybridized carbons (Fsp3) is 0.412. The summed E-state index contributed by atoms with van der Waals surface area (Å²) < 4.78 is 4.19. The Bertz CT molecular complexity index is 663. The molecule has 1 amide bonds. The van der Waals surface area contributed by atoms with E-state index in [-0.39, 0.29) is 11.8 Å². The van der Waals surface area contributed by atoms with Crippen molar-refractivity contribution in [2.75, 3.05) is 5.32 Å². The van der Waals surface area contributed by atoms with Gasteiger partial charge in [0.15, 0.2) is 0 Å². The highest BCUT2D eigenvalue weighted by atomic mass is 32.1. The van der Waals surface area contributed by atoms with Crippen LogP contribution in [0.15, 0.2) is 30.3 Å². The Kier molecular flexibility index (Phi) is 6.70. The van der Waals surface area contributed by atoms with E-state index in [1.165, 1.54) is 11.5 Å². The molecule has 0 bridgehead atoms. The molecule has 1 atom stereocenters. The van der Waals surface area contributed by atoms with Crippen molar-refractivity contribution in [1.29, 1.82) is 5.26 Å². The molecule has 1 N–H and O–H groups in total. The number of hydrogen-bond acceptors (Lipinski definition) is 5. The maximum atomic E-state index is 12.6. The molecule has 1 heterocycles. The third-order valence-corrected chi connectivity index (χ3v) is 4.40. The molecule has 5 nitrogen and oxygen atoms in total. The molecule has 2 rings (SSSR count). The average Bonchev–Trinajstić information content (AvgIpc) is 2.98. The van der Waals surface area contributed by atoms with Crippen LogP contribution < -0.4 is 5.32 Å². The molecule has 23 heavy (non-hydrogen) atoms. The van der Waals surface area contributed by atoms with Crippen LogP contribution in [0.2, 0.25) is 0 Å². The van der Waals surface area contributed by atoms with Gasteiger partial charge in [0.2, 0.25) is 5.91 Å². The Balaban J connectivity index is 2.01. The van der Waals surface area contributed by atoms with Gasteiger partial charge in [0.05, 0.1) is 12.0 Å². The van der Waals surface area contributed by atoms with Crippen molar-refractivity contribution in [3.63, 3.8) is 0 Å². The number of benzene rings is 1. The van der Waals surface area contributed by atoms with E-state index in [1.807, 2.05) is 37.3 Å². The lowest BCUT2D eigenvalue weighted by molar-refractivity contribution is -0.117. The number of carbonyl (C=O) groups excluding carboxylic acids is 1. The monoisotopic (exact) mass is 328 g/mol. The van der Waals surface area contributed by atoms with Gasteiger partial charge >= 0.3 is 0 Å². The van der Waals surface area contributed by atoms with Gasteiger partial charge in [-0.3, -0.25) is 4.79 Å². The zero-order valence-corrected chi connectivity index (χ0v) is 14.0. The maximum Gasteiger partial charge on any atom is 0.234 e. The molecule has 2 aromatic rings. The number of rotatable bonds is 8. The summed E-state index contributed by atoms with van der Waals surface area (Å²) in [4.78, 5) is 17.0. The number of amides is 1. The molecule has 120 valence electrons. The van der Waals surface area contributed by atoms with Gasteiger partial charge in [-0.05, 0) is 43.4 Å². The number of aromatic nitrogens is 2. The van der Waals surface area contributed by atoms with Gasteiger partial charge in [0.1, 0.15) is 10.8 Å². The minimum atomic E-state index is -0.288. The number of nitrogens with one attached hydrogen (secondary N) is 1. The van der Waals surface area contributed by atoms with Crippen LogP contribution in [0.3, 0.4) is 0 Å². The van der Waals surface area contributed by atoms with Crippen LogP contribution in [-0.2, 0) is 4.79 Å². The normalized spacial score (nSPS) is 11.7. The summed E-state index contributed by atoms with van der Waals surface area (Å²) in [5.74, 6) is 0.364. The predicted octanol–water partition coefficient (Wildman–Crippen LogP) is 4.04. The largest absolute Gasteiger partial charge is 0.325 e. The van der Waals surface area contributed by atoms with E-state index in [0.29, 0.717) is 12.2 Å². The van der Waals surface area contributed by atoms with Crippen LogP contribution in [0, 0.1) is 18.3 Å². The summed E-state index contributed by atoms with van der Waals surface area (Å²) in [5, 5.41) is 12.3. The van der Waals surface area contributed by atoms with E-state index < -0.39 is 0 Å². The first-order chi connectivity index (χ1) is 11.2. The molecule has 0 fully saturated rings. The number of anilines is 1. The molecule has 0 spiro atoms. The maximum absolute atomic E-state index is 12.6. The van der Waals surface area contributed by atoms with Gasteiger partial charge in [-0.25, -0.2) is 4.98 Å². The van der Waals surface area contributed by atoms with Crippen LogP contribution in [0.5, 0.6) is 0 Å². The van der Waals surface area contributed by atoms with Crippen molar-refractivity contribution in [1.82, 2.24) is 9.36 Å². The summed E-state index contributed by atoms with van der Waals surface area (Å²) in [5.41, 5.74) is 0.785. The Morgan fingerprint density at radius 1 is 1.30 bits per heavy atom. The molecular weight excluding hydrogens is 308 g/mol. The highest BCUT2D eigenvalue weighted by Gasteiger charge is 2.24. The summed E-state index contributed by atoms with van der Waals surface area (Å²) in [6, 6.07) is 11.6. The fourth-order valence-electron chi connectivity index (χ4n) is 2.30. The number of carbonyl (C=O) groups is 1. The Morgan fingerprint density at radius 3 is 2.74 bits per heavy atom. The van der Waals surface area contributed by atoms with Crippen LogP contribution in [-0.4, -0.2) is 15.3 Å². The Labute approximate surface area is 140 Å². The lowest BCUT2D eigenvalue weighted by atomic mass is 10.00. The van der Waals surface area contributed by atoms with Crippen molar-refractivity contribution < 1.29 is 4.79 Å². The molecule has 0 aliphatic rings. The van der Waals surface area contributed by atoms with Crippen LogP contribution in [0.4, 0.5) is 5.69 Å². The Hall–Kier alpha value is -2.26. The van der Waals surface area contributed by atoms with E-state index in [0.717, 1.165) is 36.4 Å². The number of unbranched alkanes of at least 4 members (excludes halogenated alkanes) is 3. The molecule has 0 radical (unpaired) electrons. The second kappa shape index (κ2) is 9.01. The van der Waals surface area contributed by atoms with Crippen molar-refractivity contribution >= 4 is 23.1 Å². The quantitative estimate of drug-likeness (QED) is 0.742. The SMILES string of the molecule is Cc1nsc(C(CCCCCC#N)C(=O)Nc2ccccc2)n1. The van der Waals surface area contributed by atoms with E-state index in [2.05, 4.69) is 20.7 Å². The van der Waals surface area contributed by atoms with Gasteiger partial charge in [0, 0.05) is 12.1 Å². The lowest BCUT2D eigenvalue weighted by Gasteiger charge is -2.14. The first kappa shape index (κ1) is 17.1. The predicted molar refractivity (Wildman–Crippen MR) is 91.2 cm³/mol. The third kappa shape index (κ3) is 5.46. The standard InChI is InChI=1S/C17H20N4OS/c1-13-19-17(23-21-13)15(11-7-2-3-8-12-18)16(22)20-14-9-5-4-6-10-14/h4-6,9-10,15H,2-3,7-8,11H2,1H3,(H,20,22). The number of para-hydroxylation sites is 1. The number of hydrogen-bond donors (Lipinski definition) is 1. The molecule has 0 aliphatic carbocycles. The van der Waals surface area contributed by atoms with E-state index in [1.54, 1.807) is 0 Å². The number of aryl methyl sites for hydroxylation is 1. The van der Waals surface area contributed by atoms with Gasteiger partial charge in [-0.1, -0.05) is 31.0 Å². The van der Waals surface area contributed by atoms with Gasteiger partial charge in [-0.2, -0.15) is 9.64 Å². The van der Waals surface area contributed by atoms with Crippen LogP contribution >= 0.6 is 11.5 Å².